The quantitative estimate of drug-likeness (QED) is 0.457. The molecule has 0 saturated carbocycles. The first-order chi connectivity index (χ1) is 13.7. The van der Waals surface area contributed by atoms with E-state index in [4.69, 9.17) is 9.84 Å². The Balaban J connectivity index is 1.66. The number of nitrogens with zero attached hydrogens (tertiary/aromatic N) is 2. The minimum atomic E-state index is -0.783. The second-order valence-electron chi connectivity index (χ2n) is 8.90. The monoisotopic (exact) mass is 516 g/mol. The molecule has 3 aliphatic rings. The second-order valence-corrected chi connectivity index (χ2v) is 10.7. The van der Waals surface area contributed by atoms with Gasteiger partial charge in [-0.2, -0.15) is 5.10 Å². The Labute approximate surface area is 187 Å². The van der Waals surface area contributed by atoms with Crippen LogP contribution in [0.15, 0.2) is 68.3 Å². The van der Waals surface area contributed by atoms with E-state index < -0.39 is 5.72 Å². The van der Waals surface area contributed by atoms with Crippen LogP contribution in [0.3, 0.4) is 0 Å². The lowest BCUT2D eigenvalue weighted by Crippen LogP contribution is -2.56. The predicted molar refractivity (Wildman–Crippen MR) is 121 cm³/mol. The van der Waals surface area contributed by atoms with Crippen molar-refractivity contribution in [3.05, 3.63) is 74.4 Å². The SMILES string of the molecule is CC1(C)CC(O)=C[C@@]2(C1)Oc1ccc(Br)cc1[C@@H]1CC(c3ccc(Br)cc3)=NN12. The number of hydrogen-bond donors (Lipinski definition) is 1. The van der Waals surface area contributed by atoms with Gasteiger partial charge in [0.2, 0.25) is 5.72 Å². The van der Waals surface area contributed by atoms with Crippen LogP contribution in [-0.2, 0) is 0 Å². The van der Waals surface area contributed by atoms with Gasteiger partial charge in [0.25, 0.3) is 0 Å². The third-order valence-electron chi connectivity index (χ3n) is 5.88. The van der Waals surface area contributed by atoms with E-state index in [1.165, 1.54) is 0 Å². The number of hydrazone groups is 1. The summed E-state index contributed by atoms with van der Waals surface area (Å²) in [5, 5.41) is 17.7. The molecule has 2 atom stereocenters. The van der Waals surface area contributed by atoms with E-state index in [2.05, 4.69) is 68.9 Å². The topological polar surface area (TPSA) is 45.1 Å². The summed E-state index contributed by atoms with van der Waals surface area (Å²) in [5.74, 6) is 1.23. The number of halogens is 2. The maximum atomic E-state index is 10.6. The van der Waals surface area contributed by atoms with Crippen molar-refractivity contribution < 1.29 is 9.84 Å². The minimum Gasteiger partial charge on any atom is -0.512 e. The zero-order chi connectivity index (χ0) is 20.4. The Hall–Kier alpha value is -1.79. The lowest BCUT2D eigenvalue weighted by Gasteiger charge is -2.50. The van der Waals surface area contributed by atoms with Gasteiger partial charge in [-0.25, -0.2) is 5.01 Å². The highest BCUT2D eigenvalue weighted by atomic mass is 79.9. The van der Waals surface area contributed by atoms with Crippen molar-refractivity contribution in [3.8, 4) is 5.75 Å². The molecule has 0 unspecified atom stereocenters. The number of ether oxygens (including phenoxy) is 1. The summed E-state index contributed by atoms with van der Waals surface area (Å²) in [6.45, 7) is 4.34. The fourth-order valence-electron chi connectivity index (χ4n) is 4.84. The molecule has 0 radical (unpaired) electrons. The molecule has 0 aromatic heterocycles. The van der Waals surface area contributed by atoms with Crippen LogP contribution in [-0.4, -0.2) is 21.6 Å². The van der Waals surface area contributed by atoms with E-state index in [-0.39, 0.29) is 11.5 Å². The van der Waals surface area contributed by atoms with E-state index >= 15 is 0 Å². The molecule has 1 N–H and O–H groups in total. The molecule has 0 fully saturated rings. The van der Waals surface area contributed by atoms with Crippen molar-refractivity contribution in [2.24, 2.45) is 10.5 Å². The molecule has 1 aliphatic carbocycles. The largest absolute Gasteiger partial charge is 0.512 e. The van der Waals surface area contributed by atoms with Gasteiger partial charge in [-0.1, -0.05) is 57.8 Å². The smallest absolute Gasteiger partial charge is 0.221 e. The highest BCUT2D eigenvalue weighted by molar-refractivity contribution is 9.10. The number of aliphatic hydroxyl groups is 1. The van der Waals surface area contributed by atoms with E-state index in [9.17, 15) is 5.11 Å². The summed E-state index contributed by atoms with van der Waals surface area (Å²) in [5.41, 5.74) is 2.39. The fourth-order valence-corrected chi connectivity index (χ4v) is 5.48. The number of rotatable bonds is 1. The summed E-state index contributed by atoms with van der Waals surface area (Å²) in [6.07, 6.45) is 4.07. The molecule has 4 nitrogen and oxygen atoms in total. The van der Waals surface area contributed by atoms with Gasteiger partial charge in [-0.05, 0) is 41.3 Å². The van der Waals surface area contributed by atoms with E-state index in [1.807, 2.05) is 30.3 Å². The molecule has 5 rings (SSSR count). The molecule has 2 aliphatic heterocycles. The lowest BCUT2D eigenvalue weighted by molar-refractivity contribution is -0.115. The standard InChI is InChI=1S/C23H22Br2N2O2/c1-22(2)11-17(28)12-23(13-22)27-20(18-9-16(25)7-8-21(18)29-23)10-19(26-27)14-3-5-15(24)6-4-14/h3-9,12,20,28H,10-11,13H2,1-2H3/t20-,23-/m0/s1. The average molecular weight is 518 g/mol. The Morgan fingerprint density at radius 3 is 2.55 bits per heavy atom. The normalized spacial score (nSPS) is 27.0. The van der Waals surface area contributed by atoms with Crippen LogP contribution in [0, 0.1) is 5.41 Å². The molecule has 0 amide bonds. The summed E-state index contributed by atoms with van der Waals surface area (Å²) >= 11 is 7.11. The maximum Gasteiger partial charge on any atom is 0.221 e. The van der Waals surface area contributed by atoms with Crippen molar-refractivity contribution in [2.75, 3.05) is 0 Å². The van der Waals surface area contributed by atoms with Crippen LogP contribution in [0.1, 0.15) is 50.3 Å². The second kappa shape index (κ2) is 6.61. The van der Waals surface area contributed by atoms with Crippen molar-refractivity contribution in [1.82, 2.24) is 5.01 Å². The molecule has 2 aromatic carbocycles. The van der Waals surface area contributed by atoms with Crippen molar-refractivity contribution >= 4 is 37.6 Å². The van der Waals surface area contributed by atoms with Crippen LogP contribution < -0.4 is 4.74 Å². The van der Waals surface area contributed by atoms with E-state index in [0.29, 0.717) is 12.2 Å². The van der Waals surface area contributed by atoms with Crippen LogP contribution in [0.4, 0.5) is 0 Å². The fraction of sp³-hybridized carbons (Fsp3) is 0.348. The van der Waals surface area contributed by atoms with Gasteiger partial charge in [-0.15, -0.1) is 0 Å². The van der Waals surface area contributed by atoms with Gasteiger partial charge in [0.15, 0.2) is 0 Å². The van der Waals surface area contributed by atoms with Gasteiger partial charge in [0.05, 0.1) is 17.5 Å². The molecule has 2 heterocycles. The van der Waals surface area contributed by atoms with Crippen molar-refractivity contribution in [1.29, 1.82) is 0 Å². The summed E-state index contributed by atoms with van der Waals surface area (Å²) in [7, 11) is 0. The molecule has 150 valence electrons. The van der Waals surface area contributed by atoms with E-state index in [1.54, 1.807) is 0 Å². The van der Waals surface area contributed by atoms with Crippen LogP contribution >= 0.6 is 31.9 Å². The van der Waals surface area contributed by atoms with Gasteiger partial charge in [0.1, 0.15) is 5.75 Å². The third-order valence-corrected chi connectivity index (χ3v) is 6.90. The molecule has 0 bridgehead atoms. The maximum absolute atomic E-state index is 10.6. The van der Waals surface area contributed by atoms with Gasteiger partial charge in [-0.3, -0.25) is 0 Å². The summed E-state index contributed by atoms with van der Waals surface area (Å²) in [6, 6.07) is 14.5. The first-order valence-corrected chi connectivity index (χ1v) is 11.4. The predicted octanol–water partition coefficient (Wildman–Crippen LogP) is 6.71. The van der Waals surface area contributed by atoms with Gasteiger partial charge >= 0.3 is 0 Å². The molecule has 6 heteroatoms. The molecule has 0 saturated heterocycles. The first kappa shape index (κ1) is 19.2. The number of fused-ring (bicyclic) bond motifs is 4. The Kier molecular flexibility index (Phi) is 4.37. The van der Waals surface area contributed by atoms with Gasteiger partial charge < -0.3 is 9.84 Å². The highest BCUT2D eigenvalue weighted by Crippen LogP contribution is 2.53. The number of hydrogen-bond acceptors (Lipinski definition) is 4. The third kappa shape index (κ3) is 3.30. The molecule has 1 spiro atoms. The molecular formula is C23H22Br2N2O2. The Bertz CT molecular complexity index is 1050. The molecule has 29 heavy (non-hydrogen) atoms. The molecule has 2 aromatic rings. The van der Waals surface area contributed by atoms with E-state index in [0.717, 1.165) is 44.4 Å². The number of benzene rings is 2. The number of aliphatic hydroxyl groups excluding tert-OH is 1. The van der Waals surface area contributed by atoms with Crippen LogP contribution in [0.5, 0.6) is 5.75 Å². The zero-order valence-corrected chi connectivity index (χ0v) is 19.5. The Morgan fingerprint density at radius 1 is 1.10 bits per heavy atom. The number of allylic oxidation sites excluding steroid dienone is 1. The van der Waals surface area contributed by atoms with Crippen LogP contribution in [0.2, 0.25) is 0 Å². The first-order valence-electron chi connectivity index (χ1n) is 9.77. The minimum absolute atomic E-state index is 0.0628. The summed E-state index contributed by atoms with van der Waals surface area (Å²) in [4.78, 5) is 0. The molecular weight excluding hydrogens is 496 g/mol. The lowest BCUT2D eigenvalue weighted by atomic mass is 9.75. The highest BCUT2D eigenvalue weighted by Gasteiger charge is 2.53. The van der Waals surface area contributed by atoms with Crippen molar-refractivity contribution in [3.63, 3.8) is 0 Å². The van der Waals surface area contributed by atoms with Crippen LogP contribution in [0.25, 0.3) is 0 Å². The average Bonchev–Trinajstić information content (AvgIpc) is 3.08. The summed E-state index contributed by atoms with van der Waals surface area (Å²) < 4.78 is 8.67. The van der Waals surface area contributed by atoms with Crippen molar-refractivity contribution in [2.45, 2.75) is 44.9 Å². The van der Waals surface area contributed by atoms with Gasteiger partial charge in [0, 0.05) is 39.8 Å². The Morgan fingerprint density at radius 2 is 1.83 bits per heavy atom. The zero-order valence-electron chi connectivity index (χ0n) is 16.3.